The summed E-state index contributed by atoms with van der Waals surface area (Å²) in [4.78, 5) is 36.5. The standard InChI is InChI=1S/C22H26N6O2/c1-13(9-20(29)23-2)26-22(30)14-5-4-6-19-15(10-14)16(12-28(19)3)17-11-18-21(27-17)25-8-7-24-18/h4-5,7-8,11-14H,6,9-10H2,1-3H3,(H,23,29)(H,25,27)(H,26,30). The molecule has 3 heterocycles. The molecule has 2 amide bonds. The molecule has 3 N–H and O–H groups in total. The fourth-order valence-electron chi connectivity index (χ4n) is 4.03. The second kappa shape index (κ2) is 8.14. The number of H-pyrrole nitrogens is 1. The van der Waals surface area contributed by atoms with Crippen LogP contribution < -0.4 is 10.6 Å². The van der Waals surface area contributed by atoms with Crippen molar-refractivity contribution in [3.63, 3.8) is 0 Å². The van der Waals surface area contributed by atoms with E-state index in [4.69, 9.17) is 0 Å². The van der Waals surface area contributed by atoms with Crippen molar-refractivity contribution in [3.05, 3.63) is 48.1 Å². The van der Waals surface area contributed by atoms with Crippen molar-refractivity contribution < 1.29 is 9.59 Å². The van der Waals surface area contributed by atoms with E-state index in [0.717, 1.165) is 34.4 Å². The van der Waals surface area contributed by atoms with Gasteiger partial charge in [-0.15, -0.1) is 0 Å². The van der Waals surface area contributed by atoms with Gasteiger partial charge >= 0.3 is 0 Å². The molecule has 0 saturated carbocycles. The van der Waals surface area contributed by atoms with Crippen LogP contribution in [0.3, 0.4) is 0 Å². The second-order valence-corrected chi connectivity index (χ2v) is 7.78. The molecule has 2 atom stereocenters. The van der Waals surface area contributed by atoms with Gasteiger partial charge in [0.2, 0.25) is 11.8 Å². The number of aryl methyl sites for hydroxylation is 1. The van der Waals surface area contributed by atoms with Crippen LogP contribution in [0.5, 0.6) is 0 Å². The highest BCUT2D eigenvalue weighted by atomic mass is 16.2. The molecule has 0 fully saturated rings. The normalized spacial score (nSPS) is 16.7. The van der Waals surface area contributed by atoms with E-state index in [1.165, 1.54) is 5.69 Å². The minimum absolute atomic E-state index is 0.0645. The molecule has 4 rings (SSSR count). The quantitative estimate of drug-likeness (QED) is 0.563. The third kappa shape index (κ3) is 3.85. The van der Waals surface area contributed by atoms with Crippen LogP contribution >= 0.6 is 0 Å². The van der Waals surface area contributed by atoms with Crippen LogP contribution in [-0.4, -0.2) is 44.4 Å². The number of nitrogens with one attached hydrogen (secondary N) is 3. The monoisotopic (exact) mass is 406 g/mol. The highest BCUT2D eigenvalue weighted by molar-refractivity contribution is 5.84. The average molecular weight is 406 g/mol. The van der Waals surface area contributed by atoms with Crippen molar-refractivity contribution in [2.75, 3.05) is 7.05 Å². The third-order valence-electron chi connectivity index (χ3n) is 5.57. The SMILES string of the molecule is CNC(=O)CC(C)NC(=O)C1C=CCc2c(c(-c3cc4nccnc4[nH]3)cn2C)C1. The lowest BCUT2D eigenvalue weighted by Gasteiger charge is -2.17. The van der Waals surface area contributed by atoms with Crippen LogP contribution in [0.4, 0.5) is 0 Å². The van der Waals surface area contributed by atoms with E-state index in [-0.39, 0.29) is 30.2 Å². The predicted molar refractivity (Wildman–Crippen MR) is 115 cm³/mol. The van der Waals surface area contributed by atoms with E-state index < -0.39 is 0 Å². The van der Waals surface area contributed by atoms with Gasteiger partial charge in [0.15, 0.2) is 5.65 Å². The molecule has 156 valence electrons. The molecule has 0 saturated heterocycles. The van der Waals surface area contributed by atoms with Crippen LogP contribution in [0.1, 0.15) is 24.6 Å². The maximum Gasteiger partial charge on any atom is 0.227 e. The molecular formula is C22H26N6O2. The van der Waals surface area contributed by atoms with Gasteiger partial charge in [-0.25, -0.2) is 4.98 Å². The van der Waals surface area contributed by atoms with Crippen molar-refractivity contribution in [2.45, 2.75) is 32.2 Å². The lowest BCUT2D eigenvalue weighted by atomic mass is 9.96. The molecule has 3 aromatic heterocycles. The molecule has 0 aliphatic heterocycles. The van der Waals surface area contributed by atoms with Gasteiger partial charge in [-0.2, -0.15) is 0 Å². The van der Waals surface area contributed by atoms with Crippen LogP contribution in [0.25, 0.3) is 22.4 Å². The Morgan fingerprint density at radius 2 is 2.13 bits per heavy atom. The second-order valence-electron chi connectivity index (χ2n) is 7.78. The van der Waals surface area contributed by atoms with Crippen LogP contribution in [0.2, 0.25) is 0 Å². The highest BCUT2D eigenvalue weighted by Crippen LogP contribution is 2.33. The van der Waals surface area contributed by atoms with Crippen LogP contribution in [0.15, 0.2) is 36.8 Å². The first-order valence-corrected chi connectivity index (χ1v) is 10.1. The molecule has 1 aliphatic carbocycles. The number of rotatable bonds is 5. The minimum atomic E-state index is -0.292. The Kier molecular flexibility index (Phi) is 5.39. The Morgan fingerprint density at radius 1 is 1.33 bits per heavy atom. The Bertz CT molecular complexity index is 1090. The molecule has 0 aromatic carbocycles. The number of aromatic nitrogens is 4. The lowest BCUT2D eigenvalue weighted by Crippen LogP contribution is -2.40. The largest absolute Gasteiger partial charge is 0.359 e. The number of aromatic amines is 1. The van der Waals surface area contributed by atoms with Gasteiger partial charge in [-0.3, -0.25) is 14.6 Å². The van der Waals surface area contributed by atoms with Crippen molar-refractivity contribution in [3.8, 4) is 11.3 Å². The highest BCUT2D eigenvalue weighted by Gasteiger charge is 2.26. The first-order valence-electron chi connectivity index (χ1n) is 10.1. The number of allylic oxidation sites excluding steroid dienone is 1. The average Bonchev–Trinajstić information content (AvgIpc) is 3.19. The van der Waals surface area contributed by atoms with Crippen LogP contribution in [-0.2, 0) is 29.5 Å². The van der Waals surface area contributed by atoms with E-state index in [1.54, 1.807) is 19.4 Å². The summed E-state index contributed by atoms with van der Waals surface area (Å²) in [5.74, 6) is -0.446. The molecule has 8 nitrogen and oxygen atoms in total. The Labute approximate surface area is 174 Å². The van der Waals surface area contributed by atoms with E-state index in [1.807, 2.05) is 26.1 Å². The van der Waals surface area contributed by atoms with Crippen molar-refractivity contribution in [1.29, 1.82) is 0 Å². The Morgan fingerprint density at radius 3 is 2.90 bits per heavy atom. The van der Waals surface area contributed by atoms with Gasteiger partial charge in [0.1, 0.15) is 5.52 Å². The molecule has 0 radical (unpaired) electrons. The zero-order valence-electron chi connectivity index (χ0n) is 17.4. The summed E-state index contributed by atoms with van der Waals surface area (Å²) >= 11 is 0. The van der Waals surface area contributed by atoms with Gasteiger partial charge in [-0.1, -0.05) is 12.2 Å². The molecule has 3 aromatic rings. The van der Waals surface area contributed by atoms with Crippen molar-refractivity contribution >= 4 is 23.0 Å². The van der Waals surface area contributed by atoms with E-state index >= 15 is 0 Å². The minimum Gasteiger partial charge on any atom is -0.359 e. The summed E-state index contributed by atoms with van der Waals surface area (Å²) in [5, 5.41) is 5.57. The summed E-state index contributed by atoms with van der Waals surface area (Å²) < 4.78 is 2.12. The smallest absolute Gasteiger partial charge is 0.227 e. The van der Waals surface area contributed by atoms with Crippen molar-refractivity contribution in [2.24, 2.45) is 13.0 Å². The van der Waals surface area contributed by atoms with Crippen LogP contribution in [0, 0.1) is 5.92 Å². The topological polar surface area (TPSA) is 105 Å². The van der Waals surface area contributed by atoms with Gasteiger partial charge in [0, 0.05) is 62.8 Å². The molecule has 1 aliphatic rings. The molecule has 8 heteroatoms. The summed E-state index contributed by atoms with van der Waals surface area (Å²) in [6, 6.07) is 1.77. The van der Waals surface area contributed by atoms with E-state index in [2.05, 4.69) is 42.4 Å². The van der Waals surface area contributed by atoms with Gasteiger partial charge in [0.05, 0.1) is 11.6 Å². The first kappa shape index (κ1) is 19.9. The summed E-state index contributed by atoms with van der Waals surface area (Å²) in [6.07, 6.45) is 11.1. The van der Waals surface area contributed by atoms with E-state index in [0.29, 0.717) is 6.42 Å². The first-order chi connectivity index (χ1) is 14.5. The predicted octanol–water partition coefficient (Wildman–Crippen LogP) is 1.88. The number of carbonyl (C=O) groups excluding carboxylic acids is 2. The Balaban J connectivity index is 1.60. The number of nitrogens with zero attached hydrogens (tertiary/aromatic N) is 3. The van der Waals surface area contributed by atoms with E-state index in [9.17, 15) is 9.59 Å². The fourth-order valence-corrected chi connectivity index (χ4v) is 4.03. The van der Waals surface area contributed by atoms with Gasteiger partial charge in [-0.05, 0) is 25.0 Å². The summed E-state index contributed by atoms with van der Waals surface area (Å²) in [6.45, 7) is 1.84. The van der Waals surface area contributed by atoms with Gasteiger partial charge in [0.25, 0.3) is 0 Å². The molecular weight excluding hydrogens is 380 g/mol. The number of hydrogen-bond acceptors (Lipinski definition) is 4. The molecule has 2 unspecified atom stereocenters. The molecule has 0 bridgehead atoms. The summed E-state index contributed by atoms with van der Waals surface area (Å²) in [5.41, 5.74) is 5.90. The van der Waals surface area contributed by atoms with Crippen molar-refractivity contribution in [1.82, 2.24) is 30.2 Å². The zero-order valence-corrected chi connectivity index (χ0v) is 17.4. The summed E-state index contributed by atoms with van der Waals surface area (Å²) in [7, 11) is 3.62. The molecule has 0 spiro atoms. The third-order valence-corrected chi connectivity index (χ3v) is 5.57. The fraction of sp³-hybridized carbons (Fsp3) is 0.364. The number of carbonyl (C=O) groups is 2. The molecule has 30 heavy (non-hydrogen) atoms. The zero-order chi connectivity index (χ0) is 21.3. The number of hydrogen-bond donors (Lipinski definition) is 3. The maximum absolute atomic E-state index is 12.9. The lowest BCUT2D eigenvalue weighted by molar-refractivity contribution is -0.125. The Hall–Kier alpha value is -3.42. The number of amides is 2. The van der Waals surface area contributed by atoms with Gasteiger partial charge < -0.3 is 20.2 Å². The number of fused-ring (bicyclic) bond motifs is 2. The maximum atomic E-state index is 12.9.